The Kier molecular flexibility index (Phi) is 5.54. The van der Waals surface area contributed by atoms with Gasteiger partial charge in [-0.1, -0.05) is 19.1 Å². The van der Waals surface area contributed by atoms with Crippen LogP contribution in [-0.4, -0.2) is 44.6 Å². The maximum Gasteiger partial charge on any atom is 0.490 e. The van der Waals surface area contributed by atoms with Crippen molar-refractivity contribution in [3.05, 3.63) is 36.4 Å². The summed E-state index contributed by atoms with van der Waals surface area (Å²) in [5, 5.41) is 28.5. The third-order valence-electron chi connectivity index (χ3n) is 4.26. The zero-order valence-electron chi connectivity index (χ0n) is 15.4. The number of rotatable bonds is 5. The first-order valence-corrected chi connectivity index (χ1v) is 8.69. The van der Waals surface area contributed by atoms with Crippen molar-refractivity contribution in [2.24, 2.45) is 0 Å². The number of H-pyrrole nitrogens is 1. The second-order valence-electron chi connectivity index (χ2n) is 6.33. The second-order valence-corrected chi connectivity index (χ2v) is 6.33. The molecular weight excluding hydrogens is 407 g/mol. The highest BCUT2D eigenvalue weighted by atomic mass is 19.4. The quantitative estimate of drug-likeness (QED) is 0.368. The van der Waals surface area contributed by atoms with Gasteiger partial charge in [-0.05, 0) is 41.8 Å². The maximum absolute atomic E-state index is 12.4. The predicted octanol–water partition coefficient (Wildman–Crippen LogP) is 3.46. The number of phenols is 2. The Hall–Kier alpha value is -3.76. The van der Waals surface area contributed by atoms with Crippen molar-refractivity contribution >= 4 is 28.6 Å². The van der Waals surface area contributed by atoms with Gasteiger partial charge in [-0.15, -0.1) is 0 Å². The largest absolute Gasteiger partial charge is 0.504 e. The zero-order chi connectivity index (χ0) is 22.1. The minimum Gasteiger partial charge on any atom is -0.504 e. The summed E-state index contributed by atoms with van der Waals surface area (Å²) < 4.78 is 41.3. The molecule has 0 saturated heterocycles. The summed E-state index contributed by atoms with van der Waals surface area (Å²) in [6.07, 6.45) is -7.00. The number of carbonyl (C=O) groups is 2. The number of anilines is 1. The Labute approximate surface area is 167 Å². The van der Waals surface area contributed by atoms with Crippen LogP contribution < -0.4 is 5.32 Å². The molecule has 2 aromatic carbocycles. The zero-order valence-corrected chi connectivity index (χ0v) is 15.4. The molecule has 0 radical (unpaired) electrons. The van der Waals surface area contributed by atoms with E-state index in [9.17, 15) is 33.0 Å². The number of hydrogen-bond acceptors (Lipinski definition) is 6. The third kappa shape index (κ3) is 4.29. The number of ether oxygens (including phenoxy) is 1. The number of nitrogens with zero attached hydrogens (tertiary/aromatic N) is 1. The predicted molar refractivity (Wildman–Crippen MR) is 99.7 cm³/mol. The van der Waals surface area contributed by atoms with E-state index in [1.54, 1.807) is 24.3 Å². The fourth-order valence-corrected chi connectivity index (χ4v) is 2.71. The number of halogens is 3. The van der Waals surface area contributed by atoms with E-state index >= 15 is 0 Å². The number of aromatic hydroxyl groups is 2. The van der Waals surface area contributed by atoms with E-state index in [4.69, 9.17) is 0 Å². The first-order chi connectivity index (χ1) is 14.1. The molecule has 8 nitrogen and oxygen atoms in total. The van der Waals surface area contributed by atoms with Crippen molar-refractivity contribution in [2.75, 3.05) is 5.32 Å². The number of carbonyl (C=O) groups excluding carboxylic acids is 2. The molecule has 1 unspecified atom stereocenters. The monoisotopic (exact) mass is 423 g/mol. The van der Waals surface area contributed by atoms with Crippen LogP contribution in [-0.2, 0) is 14.3 Å². The van der Waals surface area contributed by atoms with Crippen molar-refractivity contribution in [2.45, 2.75) is 25.6 Å². The number of aromatic amines is 1. The molecule has 3 aromatic rings. The van der Waals surface area contributed by atoms with Crippen molar-refractivity contribution in [3.8, 4) is 22.6 Å². The van der Waals surface area contributed by atoms with Crippen LogP contribution in [0.4, 0.5) is 19.0 Å². The summed E-state index contributed by atoms with van der Waals surface area (Å²) in [4.78, 5) is 23.2. The number of amides is 1. The lowest BCUT2D eigenvalue weighted by molar-refractivity contribution is -0.204. The number of hydrogen-bond donors (Lipinski definition) is 4. The summed E-state index contributed by atoms with van der Waals surface area (Å²) in [5.74, 6) is -3.89. The molecule has 0 aliphatic heterocycles. The van der Waals surface area contributed by atoms with Crippen LogP contribution in [0.1, 0.15) is 13.3 Å². The Morgan fingerprint density at radius 3 is 2.43 bits per heavy atom. The molecule has 3 rings (SSSR count). The molecule has 0 aliphatic rings. The first-order valence-electron chi connectivity index (χ1n) is 8.69. The smallest absolute Gasteiger partial charge is 0.490 e. The fourth-order valence-electron chi connectivity index (χ4n) is 2.71. The van der Waals surface area contributed by atoms with Crippen LogP contribution in [0.15, 0.2) is 36.4 Å². The topological polar surface area (TPSA) is 125 Å². The van der Waals surface area contributed by atoms with E-state index < -0.39 is 24.2 Å². The Bertz CT molecular complexity index is 1110. The molecule has 0 aliphatic carbocycles. The molecule has 1 aromatic heterocycles. The molecule has 0 saturated carbocycles. The third-order valence-corrected chi connectivity index (χ3v) is 4.26. The van der Waals surface area contributed by atoms with Gasteiger partial charge in [0.15, 0.2) is 23.4 Å². The Morgan fingerprint density at radius 2 is 1.80 bits per heavy atom. The SMILES string of the molecule is CCC(OC(=O)C(F)(F)F)C(=O)Nc1n[nH]c2cc(-c3ccc(O)c(O)c3)ccc12. The molecule has 1 heterocycles. The van der Waals surface area contributed by atoms with Gasteiger partial charge < -0.3 is 20.3 Å². The van der Waals surface area contributed by atoms with E-state index in [-0.39, 0.29) is 23.7 Å². The number of aromatic nitrogens is 2. The van der Waals surface area contributed by atoms with Crippen LogP contribution >= 0.6 is 0 Å². The van der Waals surface area contributed by atoms with Crippen LogP contribution in [0.2, 0.25) is 0 Å². The van der Waals surface area contributed by atoms with E-state index in [0.29, 0.717) is 22.0 Å². The van der Waals surface area contributed by atoms with Crippen LogP contribution in [0.5, 0.6) is 11.5 Å². The molecular formula is C19H16F3N3O5. The standard InChI is InChI=1S/C19H16F3N3O5/c1-2-15(30-18(29)19(20,21)22)17(28)23-16-11-5-3-9(7-12(11)24-25-16)10-4-6-13(26)14(27)8-10/h3-8,15,26-27H,2H2,1H3,(H2,23,24,25,28). The van der Waals surface area contributed by atoms with Gasteiger partial charge in [0.1, 0.15) is 0 Å². The summed E-state index contributed by atoms with van der Waals surface area (Å²) in [6, 6.07) is 9.24. The molecule has 11 heteroatoms. The molecule has 1 atom stereocenters. The van der Waals surface area contributed by atoms with Gasteiger partial charge in [-0.2, -0.15) is 18.3 Å². The number of benzene rings is 2. The average molecular weight is 423 g/mol. The van der Waals surface area contributed by atoms with Gasteiger partial charge in [-0.25, -0.2) is 4.79 Å². The van der Waals surface area contributed by atoms with Crippen molar-refractivity contribution in [1.29, 1.82) is 0 Å². The fraction of sp³-hybridized carbons (Fsp3) is 0.211. The molecule has 158 valence electrons. The van der Waals surface area contributed by atoms with Gasteiger partial charge in [-0.3, -0.25) is 9.89 Å². The number of esters is 1. The minimum atomic E-state index is -5.20. The lowest BCUT2D eigenvalue weighted by Crippen LogP contribution is -2.37. The van der Waals surface area contributed by atoms with E-state index in [2.05, 4.69) is 20.3 Å². The molecule has 0 bridgehead atoms. The van der Waals surface area contributed by atoms with Crippen molar-refractivity contribution in [3.63, 3.8) is 0 Å². The summed E-state index contributed by atoms with van der Waals surface area (Å²) in [5.41, 5.74) is 1.78. The normalized spacial score (nSPS) is 12.5. The van der Waals surface area contributed by atoms with Crippen LogP contribution in [0, 0.1) is 0 Å². The number of nitrogens with one attached hydrogen (secondary N) is 2. The van der Waals surface area contributed by atoms with E-state index in [1.807, 2.05) is 0 Å². The Morgan fingerprint density at radius 1 is 1.13 bits per heavy atom. The lowest BCUT2D eigenvalue weighted by Gasteiger charge is -2.16. The first kappa shape index (κ1) is 21.0. The summed E-state index contributed by atoms with van der Waals surface area (Å²) in [7, 11) is 0. The van der Waals surface area contributed by atoms with E-state index in [0.717, 1.165) is 0 Å². The maximum atomic E-state index is 12.4. The molecule has 1 amide bonds. The van der Waals surface area contributed by atoms with Gasteiger partial charge in [0.2, 0.25) is 0 Å². The lowest BCUT2D eigenvalue weighted by atomic mass is 10.0. The molecule has 0 spiro atoms. The summed E-state index contributed by atoms with van der Waals surface area (Å²) >= 11 is 0. The minimum absolute atomic E-state index is 0.0524. The van der Waals surface area contributed by atoms with Crippen molar-refractivity contribution in [1.82, 2.24) is 10.2 Å². The Balaban J connectivity index is 1.81. The van der Waals surface area contributed by atoms with Gasteiger partial charge in [0.05, 0.1) is 5.52 Å². The highest BCUT2D eigenvalue weighted by Crippen LogP contribution is 2.32. The van der Waals surface area contributed by atoms with Gasteiger partial charge in [0, 0.05) is 5.39 Å². The number of fused-ring (bicyclic) bond motifs is 1. The van der Waals surface area contributed by atoms with E-state index in [1.165, 1.54) is 19.1 Å². The summed E-state index contributed by atoms with van der Waals surface area (Å²) in [6.45, 7) is 1.40. The second kappa shape index (κ2) is 7.93. The number of phenolic OH excluding ortho intramolecular Hbond substituents is 2. The van der Waals surface area contributed by atoms with Gasteiger partial charge in [0.25, 0.3) is 5.91 Å². The highest BCUT2D eigenvalue weighted by molar-refractivity contribution is 6.02. The average Bonchev–Trinajstić information content (AvgIpc) is 3.09. The molecule has 0 fully saturated rings. The molecule has 4 N–H and O–H groups in total. The highest BCUT2D eigenvalue weighted by Gasteiger charge is 2.43. The van der Waals surface area contributed by atoms with Gasteiger partial charge >= 0.3 is 12.1 Å². The van der Waals surface area contributed by atoms with Crippen LogP contribution in [0.3, 0.4) is 0 Å². The number of alkyl halides is 3. The molecule has 30 heavy (non-hydrogen) atoms. The van der Waals surface area contributed by atoms with Crippen LogP contribution in [0.25, 0.3) is 22.0 Å². The van der Waals surface area contributed by atoms with Crippen molar-refractivity contribution < 1.29 is 37.7 Å².